The fourth-order valence-electron chi connectivity index (χ4n) is 2.89. The minimum atomic E-state index is -0.285. The Morgan fingerprint density at radius 3 is 2.30 bits per heavy atom. The molecule has 0 amide bonds. The van der Waals surface area contributed by atoms with Crippen LogP contribution >= 0.6 is 0 Å². The van der Waals surface area contributed by atoms with Crippen molar-refractivity contribution < 1.29 is 4.42 Å². The lowest BCUT2D eigenvalue weighted by atomic mass is 9.95. The molecule has 118 valence electrons. The van der Waals surface area contributed by atoms with Gasteiger partial charge in [0.2, 0.25) is 0 Å². The number of hydrogen-bond donors (Lipinski definition) is 0. The number of rotatable bonds is 4. The molecule has 0 aliphatic carbocycles. The van der Waals surface area contributed by atoms with Crippen LogP contribution in [-0.2, 0) is 12.8 Å². The molecule has 0 saturated heterocycles. The van der Waals surface area contributed by atoms with Gasteiger partial charge in [-0.2, -0.15) is 0 Å². The van der Waals surface area contributed by atoms with E-state index in [-0.39, 0.29) is 5.63 Å². The van der Waals surface area contributed by atoms with E-state index in [0.29, 0.717) is 5.92 Å². The van der Waals surface area contributed by atoms with Crippen molar-refractivity contribution in [1.82, 2.24) is 0 Å². The van der Waals surface area contributed by atoms with Gasteiger partial charge in [-0.25, -0.2) is 4.79 Å². The Morgan fingerprint density at radius 1 is 0.913 bits per heavy atom. The van der Waals surface area contributed by atoms with Gasteiger partial charge in [0.15, 0.2) is 0 Å². The van der Waals surface area contributed by atoms with Crippen LogP contribution in [0.4, 0.5) is 0 Å². The van der Waals surface area contributed by atoms with Gasteiger partial charge in [-0.1, -0.05) is 49.7 Å². The van der Waals surface area contributed by atoms with Gasteiger partial charge in [-0.15, -0.1) is 0 Å². The number of fused-ring (bicyclic) bond motifs is 1. The van der Waals surface area contributed by atoms with Gasteiger partial charge >= 0.3 is 5.63 Å². The third-order valence-electron chi connectivity index (χ3n) is 4.25. The Hall–Kier alpha value is -2.35. The lowest BCUT2D eigenvalue weighted by molar-refractivity contribution is 0.554. The van der Waals surface area contributed by atoms with E-state index in [2.05, 4.69) is 57.2 Å². The highest BCUT2D eigenvalue weighted by molar-refractivity contribution is 5.81. The fraction of sp³-hybridized carbons (Fsp3) is 0.286. The minimum Gasteiger partial charge on any atom is -0.422 e. The van der Waals surface area contributed by atoms with Gasteiger partial charge in [-0.3, -0.25) is 0 Å². The molecule has 0 radical (unpaired) electrons. The molecule has 2 aromatic carbocycles. The molecule has 2 nitrogen and oxygen atoms in total. The van der Waals surface area contributed by atoms with Crippen LogP contribution in [0.1, 0.15) is 42.0 Å². The molecule has 0 aliphatic rings. The maximum atomic E-state index is 11.5. The maximum absolute atomic E-state index is 11.5. The highest BCUT2D eigenvalue weighted by Crippen LogP contribution is 2.27. The summed E-state index contributed by atoms with van der Waals surface area (Å²) in [5, 5.41) is 1.01. The maximum Gasteiger partial charge on any atom is 0.336 e. The van der Waals surface area contributed by atoms with Crippen LogP contribution in [0.2, 0.25) is 0 Å². The van der Waals surface area contributed by atoms with Gasteiger partial charge in [0.05, 0.1) is 0 Å². The Balaban J connectivity index is 1.93. The van der Waals surface area contributed by atoms with Crippen LogP contribution in [-0.4, -0.2) is 0 Å². The molecule has 0 N–H and O–H groups in total. The predicted octanol–water partition coefficient (Wildman–Crippen LogP) is 5.01. The van der Waals surface area contributed by atoms with E-state index in [4.69, 9.17) is 4.42 Å². The van der Waals surface area contributed by atoms with Gasteiger partial charge < -0.3 is 4.42 Å². The van der Waals surface area contributed by atoms with Crippen molar-refractivity contribution in [3.05, 3.63) is 81.2 Å². The van der Waals surface area contributed by atoms with Crippen molar-refractivity contribution in [2.24, 2.45) is 0 Å². The molecule has 0 atom stereocenters. The molecule has 23 heavy (non-hydrogen) atoms. The first kappa shape index (κ1) is 15.5. The molecule has 0 saturated carbocycles. The zero-order valence-electron chi connectivity index (χ0n) is 13.9. The van der Waals surface area contributed by atoms with Crippen LogP contribution in [0, 0.1) is 6.92 Å². The van der Waals surface area contributed by atoms with E-state index in [1.807, 2.05) is 6.07 Å². The molecule has 2 heteroatoms. The summed E-state index contributed by atoms with van der Waals surface area (Å²) in [6.45, 7) is 6.37. The molecule has 0 fully saturated rings. The first-order valence-electron chi connectivity index (χ1n) is 8.15. The Bertz CT molecular complexity index is 870. The van der Waals surface area contributed by atoms with E-state index in [1.165, 1.54) is 22.8 Å². The van der Waals surface area contributed by atoms with Crippen LogP contribution in [0.15, 0.2) is 57.7 Å². The molecule has 3 aromatic rings. The standard InChI is InChI=1S/C21H22O2/c1-14(2)19-13-17(9-8-16-6-4-15(3)5-7-16)12-18-10-11-20(22)23-21(18)19/h4-7,10-14H,8-9H2,1-3H3. The Morgan fingerprint density at radius 2 is 1.61 bits per heavy atom. The summed E-state index contributed by atoms with van der Waals surface area (Å²) in [4.78, 5) is 11.5. The van der Waals surface area contributed by atoms with Crippen molar-refractivity contribution in [3.8, 4) is 0 Å². The first-order chi connectivity index (χ1) is 11.0. The van der Waals surface area contributed by atoms with E-state index < -0.39 is 0 Å². The summed E-state index contributed by atoms with van der Waals surface area (Å²) >= 11 is 0. The molecule has 3 rings (SSSR count). The van der Waals surface area contributed by atoms with E-state index >= 15 is 0 Å². The summed E-state index contributed by atoms with van der Waals surface area (Å²) in [6.07, 6.45) is 2.00. The second-order valence-electron chi connectivity index (χ2n) is 6.50. The number of benzene rings is 2. The topological polar surface area (TPSA) is 30.2 Å². The molecule has 1 heterocycles. The second-order valence-corrected chi connectivity index (χ2v) is 6.50. The van der Waals surface area contributed by atoms with Crippen molar-refractivity contribution in [2.75, 3.05) is 0 Å². The van der Waals surface area contributed by atoms with Gasteiger partial charge in [0.1, 0.15) is 5.58 Å². The monoisotopic (exact) mass is 306 g/mol. The molecule has 0 bridgehead atoms. The fourth-order valence-corrected chi connectivity index (χ4v) is 2.89. The zero-order chi connectivity index (χ0) is 16.4. The highest BCUT2D eigenvalue weighted by Gasteiger charge is 2.10. The first-order valence-corrected chi connectivity index (χ1v) is 8.15. The van der Waals surface area contributed by atoms with E-state index in [1.54, 1.807) is 0 Å². The molecule has 1 aromatic heterocycles. The summed E-state index contributed by atoms with van der Waals surface area (Å²) in [5.41, 5.74) is 5.48. The van der Waals surface area contributed by atoms with Crippen molar-refractivity contribution in [2.45, 2.75) is 39.5 Å². The second kappa shape index (κ2) is 6.41. The number of hydrogen-bond acceptors (Lipinski definition) is 2. The van der Waals surface area contributed by atoms with Crippen molar-refractivity contribution in [1.29, 1.82) is 0 Å². The molecular formula is C21H22O2. The largest absolute Gasteiger partial charge is 0.422 e. The Kier molecular flexibility index (Phi) is 4.33. The summed E-state index contributed by atoms with van der Waals surface area (Å²) in [6, 6.07) is 16.4. The van der Waals surface area contributed by atoms with Crippen LogP contribution < -0.4 is 5.63 Å². The lowest BCUT2D eigenvalue weighted by Gasteiger charge is -2.12. The summed E-state index contributed by atoms with van der Waals surface area (Å²) in [7, 11) is 0. The Labute approximate surface area is 136 Å². The summed E-state index contributed by atoms with van der Waals surface area (Å²) < 4.78 is 5.43. The quantitative estimate of drug-likeness (QED) is 0.634. The van der Waals surface area contributed by atoms with E-state index in [0.717, 1.165) is 29.4 Å². The number of aryl methyl sites for hydroxylation is 3. The van der Waals surface area contributed by atoms with Crippen molar-refractivity contribution >= 4 is 11.0 Å². The van der Waals surface area contributed by atoms with Crippen molar-refractivity contribution in [3.63, 3.8) is 0 Å². The third kappa shape index (κ3) is 3.53. The predicted molar refractivity (Wildman–Crippen MR) is 95.2 cm³/mol. The van der Waals surface area contributed by atoms with Crippen LogP contribution in [0.5, 0.6) is 0 Å². The smallest absolute Gasteiger partial charge is 0.336 e. The van der Waals surface area contributed by atoms with Gasteiger partial charge in [-0.05, 0) is 54.5 Å². The summed E-state index contributed by atoms with van der Waals surface area (Å²) in [5.74, 6) is 0.322. The van der Waals surface area contributed by atoms with Crippen LogP contribution in [0.3, 0.4) is 0 Å². The average molecular weight is 306 g/mol. The van der Waals surface area contributed by atoms with Gasteiger partial charge in [0, 0.05) is 11.5 Å². The van der Waals surface area contributed by atoms with Crippen LogP contribution in [0.25, 0.3) is 11.0 Å². The highest BCUT2D eigenvalue weighted by atomic mass is 16.4. The van der Waals surface area contributed by atoms with E-state index in [9.17, 15) is 4.79 Å². The molecule has 0 spiro atoms. The van der Waals surface area contributed by atoms with Gasteiger partial charge in [0.25, 0.3) is 0 Å². The third-order valence-corrected chi connectivity index (χ3v) is 4.25. The molecule has 0 unspecified atom stereocenters. The SMILES string of the molecule is Cc1ccc(CCc2cc(C(C)C)c3oc(=O)ccc3c2)cc1. The lowest BCUT2D eigenvalue weighted by Crippen LogP contribution is -2.00. The zero-order valence-corrected chi connectivity index (χ0v) is 13.9. The average Bonchev–Trinajstić information content (AvgIpc) is 2.53. The molecular weight excluding hydrogens is 284 g/mol. The minimum absolute atomic E-state index is 0.285. The molecule has 0 aliphatic heterocycles. The normalized spacial score (nSPS) is 11.3.